The first kappa shape index (κ1) is 32.8. The summed E-state index contributed by atoms with van der Waals surface area (Å²) in [6.45, 7) is 1.36. The molecular formula is C39H47O3S2. The lowest BCUT2D eigenvalue weighted by Gasteiger charge is -2.16. The Balaban J connectivity index is 0.910. The van der Waals surface area contributed by atoms with Crippen LogP contribution in [0, 0.1) is 24.2 Å². The topological polar surface area (TPSA) is 35.5 Å². The molecule has 5 heteroatoms. The van der Waals surface area contributed by atoms with Gasteiger partial charge in [-0.1, -0.05) is 93.5 Å². The van der Waals surface area contributed by atoms with E-state index in [1.54, 1.807) is 0 Å². The van der Waals surface area contributed by atoms with E-state index in [4.69, 9.17) is 9.47 Å². The number of esters is 1. The van der Waals surface area contributed by atoms with Gasteiger partial charge in [0.05, 0.1) is 25.6 Å². The molecule has 2 aromatic rings. The summed E-state index contributed by atoms with van der Waals surface area (Å²) >= 11 is 3.69. The highest BCUT2D eigenvalue weighted by Gasteiger charge is 2.40. The standard InChI is InChI=1S/C39H47O3S2/c40-39(38-28-31-20-21-34(38)25-31)42-23-15-7-5-3-1-2-4-6-14-22-41-35-26-32(29-43-36-16-10-8-11-17-36)24-33(27-35)30-44-37-18-12-9-13-19-37/h8-13,16-21,26-27,31,34,38H,1-7,14-15,22-23,25,28-30H2. The van der Waals surface area contributed by atoms with Crippen molar-refractivity contribution in [3.8, 4) is 0 Å². The average molecular weight is 628 g/mol. The molecule has 3 aliphatic carbocycles. The predicted molar refractivity (Wildman–Crippen MR) is 185 cm³/mol. The van der Waals surface area contributed by atoms with Gasteiger partial charge in [0.15, 0.2) is 0 Å². The Kier molecular flexibility index (Phi) is 13.7. The first-order chi connectivity index (χ1) is 21.7. The number of unbranched alkanes of at least 4 members (excludes halogenated alkanes) is 8. The summed E-state index contributed by atoms with van der Waals surface area (Å²) in [4.78, 5) is 14.9. The molecule has 0 spiro atoms. The molecule has 44 heavy (non-hydrogen) atoms. The summed E-state index contributed by atoms with van der Waals surface area (Å²) in [5.74, 6) is 3.97. The van der Waals surface area contributed by atoms with E-state index in [9.17, 15) is 4.79 Å². The molecule has 0 saturated heterocycles. The van der Waals surface area contributed by atoms with E-state index in [2.05, 4.69) is 91.0 Å². The number of carbonyl (C=O) groups is 1. The third-order valence-corrected chi connectivity index (χ3v) is 10.7. The van der Waals surface area contributed by atoms with Crippen LogP contribution in [-0.4, -0.2) is 30.7 Å². The summed E-state index contributed by atoms with van der Waals surface area (Å²) in [5, 5.41) is 0. The quantitative estimate of drug-likeness (QED) is 0.0480. The van der Waals surface area contributed by atoms with Gasteiger partial charge in [-0.3, -0.25) is 4.79 Å². The average Bonchev–Trinajstić information content (AvgIpc) is 3.70. The number of rotatable bonds is 20. The van der Waals surface area contributed by atoms with Gasteiger partial charge in [-0.15, -0.1) is 29.3 Å². The zero-order valence-electron chi connectivity index (χ0n) is 26.0. The van der Waals surface area contributed by atoms with E-state index in [0.717, 1.165) is 56.0 Å². The molecule has 1 fully saturated rings. The summed E-state index contributed by atoms with van der Waals surface area (Å²) < 4.78 is 11.8. The van der Waals surface area contributed by atoms with E-state index in [1.807, 2.05) is 23.5 Å². The SMILES string of the molecule is O=C(OCCCCCCCCCCCOC1=CC(CSc2ccccc2)=C=C(CSc2ccccc2)[CH]1)C1CC2C=CC1C2. The first-order valence-electron chi connectivity index (χ1n) is 16.6. The van der Waals surface area contributed by atoms with Crippen molar-refractivity contribution in [2.45, 2.75) is 80.4 Å². The second kappa shape index (κ2) is 18.4. The minimum Gasteiger partial charge on any atom is -0.497 e. The highest BCUT2D eigenvalue weighted by molar-refractivity contribution is 7.99. The Morgan fingerprint density at radius 3 is 1.89 bits per heavy atom. The van der Waals surface area contributed by atoms with Crippen LogP contribution in [0.25, 0.3) is 0 Å². The van der Waals surface area contributed by atoms with E-state index in [-0.39, 0.29) is 11.9 Å². The van der Waals surface area contributed by atoms with E-state index in [0.29, 0.717) is 18.4 Å². The lowest BCUT2D eigenvalue weighted by atomic mass is 9.94. The van der Waals surface area contributed by atoms with Gasteiger partial charge < -0.3 is 9.47 Å². The van der Waals surface area contributed by atoms with Gasteiger partial charge >= 0.3 is 5.97 Å². The van der Waals surface area contributed by atoms with Crippen molar-refractivity contribution in [1.82, 2.24) is 0 Å². The van der Waals surface area contributed by atoms with Crippen LogP contribution in [0.1, 0.15) is 70.6 Å². The number of ether oxygens (including phenoxy) is 2. The largest absolute Gasteiger partial charge is 0.497 e. The Hall–Kier alpha value is -2.59. The minimum atomic E-state index is 0.0430. The summed E-state index contributed by atoms with van der Waals surface area (Å²) in [6, 6.07) is 21.1. The Morgan fingerprint density at radius 1 is 0.705 bits per heavy atom. The van der Waals surface area contributed by atoms with Crippen molar-refractivity contribution >= 4 is 29.5 Å². The summed E-state index contributed by atoms with van der Waals surface area (Å²) in [6.07, 6.45) is 21.8. The monoisotopic (exact) mass is 627 g/mol. The maximum Gasteiger partial charge on any atom is 0.309 e. The van der Waals surface area contributed by atoms with E-state index < -0.39 is 0 Å². The summed E-state index contributed by atoms with van der Waals surface area (Å²) in [7, 11) is 0. The minimum absolute atomic E-state index is 0.0430. The third kappa shape index (κ3) is 11.1. The number of fused-ring (bicyclic) bond motifs is 2. The fourth-order valence-corrected chi connectivity index (χ4v) is 7.88. The molecule has 3 atom stereocenters. The van der Waals surface area contributed by atoms with Gasteiger partial charge in [0, 0.05) is 26.9 Å². The normalized spacial score (nSPS) is 20.3. The molecule has 0 amide bonds. The molecule has 3 unspecified atom stereocenters. The van der Waals surface area contributed by atoms with Crippen LogP contribution >= 0.6 is 23.5 Å². The third-order valence-electron chi connectivity index (χ3n) is 8.61. The number of carbonyl (C=O) groups excluding carboxylic acids is 1. The van der Waals surface area contributed by atoms with Gasteiger partial charge in [-0.2, -0.15) is 0 Å². The maximum atomic E-state index is 12.3. The molecular weight excluding hydrogens is 581 g/mol. The van der Waals surface area contributed by atoms with Gasteiger partial charge in [-0.25, -0.2) is 0 Å². The van der Waals surface area contributed by atoms with Crippen LogP contribution in [0.3, 0.4) is 0 Å². The number of hydrogen-bond donors (Lipinski definition) is 0. The Morgan fingerprint density at radius 2 is 1.30 bits per heavy atom. The molecule has 0 aromatic heterocycles. The van der Waals surface area contributed by atoms with E-state index >= 15 is 0 Å². The second-order valence-corrected chi connectivity index (χ2v) is 14.3. The second-order valence-electron chi connectivity index (χ2n) is 12.2. The highest BCUT2D eigenvalue weighted by atomic mass is 32.2. The van der Waals surface area contributed by atoms with Crippen LogP contribution in [0.5, 0.6) is 0 Å². The van der Waals surface area contributed by atoms with Crippen LogP contribution in [0.4, 0.5) is 0 Å². The number of hydrogen-bond acceptors (Lipinski definition) is 5. The van der Waals surface area contributed by atoms with Crippen LogP contribution in [0.2, 0.25) is 0 Å². The first-order valence-corrected chi connectivity index (χ1v) is 18.6. The van der Waals surface area contributed by atoms with Gasteiger partial charge in [0.1, 0.15) is 5.76 Å². The summed E-state index contributed by atoms with van der Waals surface area (Å²) in [5.41, 5.74) is 6.03. The van der Waals surface area contributed by atoms with Crippen LogP contribution in [-0.2, 0) is 14.3 Å². The molecule has 2 aromatic carbocycles. The fourth-order valence-electron chi connectivity index (χ4n) is 6.22. The molecule has 5 rings (SSSR count). The Labute approximate surface area is 273 Å². The molecule has 3 aliphatic rings. The number of allylic oxidation sites excluding steroid dienone is 4. The molecule has 0 N–H and O–H groups in total. The van der Waals surface area contributed by atoms with Gasteiger partial charge in [-0.05, 0) is 73.4 Å². The highest BCUT2D eigenvalue weighted by Crippen LogP contribution is 2.43. The molecule has 3 nitrogen and oxygen atoms in total. The van der Waals surface area contributed by atoms with E-state index in [1.165, 1.54) is 59.5 Å². The molecule has 0 aliphatic heterocycles. The van der Waals surface area contributed by atoms with Gasteiger partial charge in [0.2, 0.25) is 0 Å². The number of thioether (sulfide) groups is 2. The lowest BCUT2D eigenvalue weighted by Crippen LogP contribution is -2.21. The van der Waals surface area contributed by atoms with Crippen molar-refractivity contribution in [3.05, 3.63) is 108 Å². The van der Waals surface area contributed by atoms with Gasteiger partial charge in [0.25, 0.3) is 0 Å². The predicted octanol–water partition coefficient (Wildman–Crippen LogP) is 10.4. The maximum absolute atomic E-state index is 12.3. The lowest BCUT2D eigenvalue weighted by molar-refractivity contribution is -0.149. The van der Waals surface area contributed by atoms with Crippen molar-refractivity contribution in [1.29, 1.82) is 0 Å². The molecule has 1 radical (unpaired) electrons. The molecule has 233 valence electrons. The van der Waals surface area contributed by atoms with Crippen molar-refractivity contribution in [2.75, 3.05) is 24.7 Å². The van der Waals surface area contributed by atoms with Crippen molar-refractivity contribution in [3.63, 3.8) is 0 Å². The van der Waals surface area contributed by atoms with Crippen molar-refractivity contribution < 1.29 is 14.3 Å². The zero-order valence-corrected chi connectivity index (χ0v) is 27.6. The van der Waals surface area contributed by atoms with Crippen molar-refractivity contribution in [2.24, 2.45) is 17.8 Å². The Bertz CT molecular complexity index is 1290. The smallest absolute Gasteiger partial charge is 0.309 e. The zero-order chi connectivity index (χ0) is 30.2. The molecule has 1 saturated carbocycles. The molecule has 2 bridgehead atoms. The fraction of sp³-hybridized carbons (Fsp3) is 0.462. The molecule has 0 heterocycles. The number of benzene rings is 2. The van der Waals surface area contributed by atoms with Crippen LogP contribution in [0.15, 0.2) is 111 Å². The van der Waals surface area contributed by atoms with Crippen LogP contribution < -0.4 is 0 Å².